The van der Waals surface area contributed by atoms with Crippen LogP contribution in [0.4, 0.5) is 5.69 Å². The fourth-order valence-corrected chi connectivity index (χ4v) is 4.16. The van der Waals surface area contributed by atoms with Gasteiger partial charge in [0.1, 0.15) is 12.4 Å². The number of thioether (sulfide) groups is 1. The van der Waals surface area contributed by atoms with Crippen LogP contribution in [0.25, 0.3) is 6.08 Å². The molecule has 0 bridgehead atoms. The maximum Gasteiger partial charge on any atom is 0.335 e. The zero-order valence-corrected chi connectivity index (χ0v) is 19.1. The number of amidine groups is 1. The molecule has 1 amide bonds. The number of halogens is 1. The molecule has 1 aliphatic rings. The van der Waals surface area contributed by atoms with Crippen molar-refractivity contribution >= 4 is 52.2 Å². The second kappa shape index (κ2) is 9.94. The molecule has 3 aromatic rings. The van der Waals surface area contributed by atoms with Gasteiger partial charge < -0.3 is 9.84 Å². The van der Waals surface area contributed by atoms with Crippen molar-refractivity contribution in [2.45, 2.75) is 6.61 Å². The van der Waals surface area contributed by atoms with Gasteiger partial charge in [-0.1, -0.05) is 41.9 Å². The average molecular weight is 479 g/mol. The Morgan fingerprint density at radius 2 is 1.79 bits per heavy atom. The van der Waals surface area contributed by atoms with Crippen LogP contribution in [-0.2, 0) is 11.4 Å². The standard InChI is InChI=1S/C25H19ClN2O4S/c1-28-23(29)22(33-25(28)27-20-12-10-19(26)11-13-20)14-18-4-2-3-5-21(18)32-15-16-6-8-17(9-7-16)24(30)31/h2-14H,15H2,1H3,(H,30,31)/b22-14-,27-25?. The van der Waals surface area contributed by atoms with Crippen molar-refractivity contribution in [1.29, 1.82) is 0 Å². The van der Waals surface area contributed by atoms with Gasteiger partial charge in [-0.25, -0.2) is 9.79 Å². The van der Waals surface area contributed by atoms with Gasteiger partial charge >= 0.3 is 5.97 Å². The maximum absolute atomic E-state index is 12.8. The van der Waals surface area contributed by atoms with Gasteiger partial charge in [-0.15, -0.1) is 0 Å². The Bertz CT molecular complexity index is 1250. The van der Waals surface area contributed by atoms with Crippen molar-refractivity contribution in [3.63, 3.8) is 0 Å². The van der Waals surface area contributed by atoms with E-state index in [2.05, 4.69) is 4.99 Å². The fourth-order valence-electron chi connectivity index (χ4n) is 3.05. The highest BCUT2D eigenvalue weighted by atomic mass is 35.5. The molecule has 1 N–H and O–H groups in total. The summed E-state index contributed by atoms with van der Waals surface area (Å²) in [5, 5.41) is 10.2. The number of amides is 1. The number of hydrogen-bond donors (Lipinski definition) is 1. The van der Waals surface area contributed by atoms with E-state index in [1.165, 1.54) is 16.7 Å². The molecule has 0 atom stereocenters. The van der Waals surface area contributed by atoms with Gasteiger partial charge in [0.2, 0.25) is 0 Å². The zero-order valence-electron chi connectivity index (χ0n) is 17.6. The molecule has 0 radical (unpaired) electrons. The van der Waals surface area contributed by atoms with E-state index in [1.54, 1.807) is 61.7 Å². The molecule has 0 spiro atoms. The van der Waals surface area contributed by atoms with Crippen LogP contribution in [0.15, 0.2) is 82.7 Å². The first-order chi connectivity index (χ1) is 15.9. The van der Waals surface area contributed by atoms with Gasteiger partial charge in [0.05, 0.1) is 16.2 Å². The lowest BCUT2D eigenvalue weighted by Crippen LogP contribution is -2.23. The summed E-state index contributed by atoms with van der Waals surface area (Å²) >= 11 is 7.22. The number of carboxylic acids is 1. The number of carbonyl (C=O) groups excluding carboxylic acids is 1. The molecular weight excluding hydrogens is 460 g/mol. The number of nitrogens with zero attached hydrogens (tertiary/aromatic N) is 2. The van der Waals surface area contributed by atoms with Crippen LogP contribution in [0.5, 0.6) is 5.75 Å². The Morgan fingerprint density at radius 3 is 2.48 bits per heavy atom. The van der Waals surface area contributed by atoms with Crippen LogP contribution in [0.1, 0.15) is 21.5 Å². The average Bonchev–Trinajstić information content (AvgIpc) is 3.08. The highest BCUT2D eigenvalue weighted by Crippen LogP contribution is 2.35. The number of para-hydroxylation sites is 1. The highest BCUT2D eigenvalue weighted by Gasteiger charge is 2.30. The molecule has 0 unspecified atom stereocenters. The number of benzene rings is 3. The summed E-state index contributed by atoms with van der Waals surface area (Å²) in [4.78, 5) is 30.4. The van der Waals surface area contributed by atoms with Crippen LogP contribution in [0.3, 0.4) is 0 Å². The number of carboxylic acid groups (broad SMARTS) is 1. The molecule has 0 aliphatic carbocycles. The summed E-state index contributed by atoms with van der Waals surface area (Å²) in [6.07, 6.45) is 1.79. The highest BCUT2D eigenvalue weighted by molar-refractivity contribution is 8.18. The Morgan fingerprint density at radius 1 is 1.09 bits per heavy atom. The van der Waals surface area contributed by atoms with E-state index in [0.717, 1.165) is 11.1 Å². The number of aromatic carboxylic acids is 1. The largest absolute Gasteiger partial charge is 0.488 e. The molecule has 166 valence electrons. The number of ether oxygens (including phenoxy) is 1. The van der Waals surface area contributed by atoms with E-state index < -0.39 is 5.97 Å². The van der Waals surface area contributed by atoms with E-state index in [0.29, 0.717) is 26.5 Å². The molecule has 1 heterocycles. The molecule has 0 saturated carbocycles. The lowest BCUT2D eigenvalue weighted by atomic mass is 10.1. The van der Waals surface area contributed by atoms with E-state index in [9.17, 15) is 9.59 Å². The van der Waals surface area contributed by atoms with Gasteiger partial charge in [0.15, 0.2) is 5.17 Å². The molecule has 0 aromatic heterocycles. The van der Waals surface area contributed by atoms with Crippen molar-refractivity contribution in [2.24, 2.45) is 4.99 Å². The molecule has 4 rings (SSSR count). The Labute approximate surface area is 200 Å². The minimum Gasteiger partial charge on any atom is -0.488 e. The second-order valence-corrected chi connectivity index (χ2v) is 8.62. The molecule has 3 aromatic carbocycles. The monoisotopic (exact) mass is 478 g/mol. The van der Waals surface area contributed by atoms with Gasteiger partial charge in [-0.2, -0.15) is 0 Å². The fraction of sp³-hybridized carbons (Fsp3) is 0.0800. The van der Waals surface area contributed by atoms with E-state index in [-0.39, 0.29) is 18.1 Å². The number of aliphatic imine (C=N–C) groups is 1. The molecular formula is C25H19ClN2O4S. The summed E-state index contributed by atoms with van der Waals surface area (Å²) in [5.41, 5.74) is 2.53. The summed E-state index contributed by atoms with van der Waals surface area (Å²) in [6, 6.07) is 21.0. The third-order valence-corrected chi connectivity index (χ3v) is 6.17. The first-order valence-electron chi connectivity index (χ1n) is 9.96. The minimum atomic E-state index is -0.970. The molecule has 8 heteroatoms. The third-order valence-electron chi connectivity index (χ3n) is 4.86. The van der Waals surface area contributed by atoms with E-state index in [1.807, 2.05) is 24.3 Å². The van der Waals surface area contributed by atoms with E-state index >= 15 is 0 Å². The summed E-state index contributed by atoms with van der Waals surface area (Å²) in [5.74, 6) is -0.500. The molecule has 1 saturated heterocycles. The first-order valence-corrected chi connectivity index (χ1v) is 11.2. The van der Waals surface area contributed by atoms with Crippen molar-refractivity contribution in [2.75, 3.05) is 7.05 Å². The number of rotatable bonds is 6. The van der Waals surface area contributed by atoms with Gasteiger partial charge in [0, 0.05) is 17.6 Å². The lowest BCUT2D eigenvalue weighted by molar-refractivity contribution is -0.121. The second-order valence-electron chi connectivity index (χ2n) is 7.17. The van der Waals surface area contributed by atoms with Crippen LogP contribution in [0.2, 0.25) is 5.02 Å². The molecule has 1 fully saturated rings. The lowest BCUT2D eigenvalue weighted by Gasteiger charge is -2.10. The normalized spacial score (nSPS) is 15.9. The smallest absolute Gasteiger partial charge is 0.335 e. The van der Waals surface area contributed by atoms with Crippen molar-refractivity contribution < 1.29 is 19.4 Å². The van der Waals surface area contributed by atoms with Crippen LogP contribution in [0, 0.1) is 0 Å². The Balaban J connectivity index is 1.52. The zero-order chi connectivity index (χ0) is 23.4. The van der Waals surface area contributed by atoms with Gasteiger partial charge in [0.25, 0.3) is 5.91 Å². The summed E-state index contributed by atoms with van der Waals surface area (Å²) in [7, 11) is 1.69. The topological polar surface area (TPSA) is 79.2 Å². The van der Waals surface area contributed by atoms with Gasteiger partial charge in [-0.05, 0) is 65.9 Å². The predicted octanol–water partition coefficient (Wildman–Crippen LogP) is 5.85. The molecule has 1 aliphatic heterocycles. The molecule has 33 heavy (non-hydrogen) atoms. The summed E-state index contributed by atoms with van der Waals surface area (Å²) in [6.45, 7) is 0.268. The van der Waals surface area contributed by atoms with Crippen molar-refractivity contribution in [3.8, 4) is 5.75 Å². The third kappa shape index (κ3) is 5.45. The van der Waals surface area contributed by atoms with Crippen molar-refractivity contribution in [3.05, 3.63) is 99.4 Å². The van der Waals surface area contributed by atoms with E-state index in [4.69, 9.17) is 21.4 Å². The number of carbonyl (C=O) groups is 2. The van der Waals surface area contributed by atoms with Crippen LogP contribution >= 0.6 is 23.4 Å². The quantitative estimate of drug-likeness (QED) is 0.449. The maximum atomic E-state index is 12.8. The van der Waals surface area contributed by atoms with Gasteiger partial charge in [-0.3, -0.25) is 9.69 Å². The van der Waals surface area contributed by atoms with Crippen molar-refractivity contribution in [1.82, 2.24) is 4.90 Å². The predicted molar refractivity (Wildman–Crippen MR) is 131 cm³/mol. The summed E-state index contributed by atoms with van der Waals surface area (Å²) < 4.78 is 5.96. The Kier molecular flexibility index (Phi) is 6.82. The Hall–Kier alpha value is -3.55. The number of hydrogen-bond acceptors (Lipinski definition) is 5. The van der Waals surface area contributed by atoms with Crippen LogP contribution < -0.4 is 4.74 Å². The minimum absolute atomic E-state index is 0.147. The molecule has 6 nitrogen and oxygen atoms in total. The first kappa shape index (κ1) is 22.6. The SMILES string of the molecule is CN1C(=O)/C(=C/c2ccccc2OCc2ccc(C(=O)O)cc2)SC1=Nc1ccc(Cl)cc1. The number of likely N-dealkylation sites (N-methyl/N-ethyl adjacent to an activating group) is 1. The van der Waals surface area contributed by atoms with Crippen LogP contribution in [-0.4, -0.2) is 34.1 Å².